The molecular weight excluding hydrogens is 105 g/mol. The molecule has 0 amide bonds. The van der Waals surface area contributed by atoms with Gasteiger partial charge in [-0.25, -0.2) is 4.39 Å². The Morgan fingerprint density at radius 1 is 1.62 bits per heavy atom. The highest BCUT2D eigenvalue weighted by molar-refractivity contribution is 5.10. The highest BCUT2D eigenvalue weighted by Crippen LogP contribution is 2.06. The third-order valence-electron chi connectivity index (χ3n) is 0.767. The van der Waals surface area contributed by atoms with Gasteiger partial charge in [0.05, 0.1) is 6.04 Å². The lowest BCUT2D eigenvalue weighted by molar-refractivity contribution is 0.497. The predicted octanol–water partition coefficient (Wildman–Crippen LogP) is 1.19. The maximum absolute atomic E-state index is 12.1. The van der Waals surface area contributed by atoms with Gasteiger partial charge in [-0.1, -0.05) is 12.7 Å². The van der Waals surface area contributed by atoms with Crippen LogP contribution in [-0.4, -0.2) is 6.04 Å². The molecule has 8 heavy (non-hydrogen) atoms. The Morgan fingerprint density at radius 2 is 2.12 bits per heavy atom. The summed E-state index contributed by atoms with van der Waals surface area (Å²) in [6.07, 6.45) is 1.95. The standard InChI is InChI=1S/C6H9FN/c1-3-5(7)6(8)4-2/h3-4,6H,1-2,8H2. The van der Waals surface area contributed by atoms with Crippen LogP contribution in [0.25, 0.3) is 0 Å². The lowest BCUT2D eigenvalue weighted by Crippen LogP contribution is -2.21. The molecule has 0 aliphatic heterocycles. The molecule has 1 atom stereocenters. The fraction of sp³-hybridized carbons (Fsp3) is 0.167. The average molecular weight is 114 g/mol. The minimum absolute atomic E-state index is 0.444. The van der Waals surface area contributed by atoms with Gasteiger partial charge in [-0.05, 0) is 6.08 Å². The first-order valence-electron chi connectivity index (χ1n) is 2.25. The van der Waals surface area contributed by atoms with Crippen molar-refractivity contribution in [3.05, 3.63) is 31.5 Å². The second-order valence-electron chi connectivity index (χ2n) is 1.35. The van der Waals surface area contributed by atoms with Crippen LogP contribution in [0.1, 0.15) is 0 Å². The van der Waals surface area contributed by atoms with Gasteiger partial charge in [-0.2, -0.15) is 0 Å². The molecule has 0 spiro atoms. The molecule has 45 valence electrons. The van der Waals surface area contributed by atoms with Crippen molar-refractivity contribution >= 4 is 0 Å². The number of halogens is 1. The summed E-state index contributed by atoms with van der Waals surface area (Å²) in [5.74, 6) is 0. The molecule has 0 aromatic rings. The Hall–Kier alpha value is -0.630. The van der Waals surface area contributed by atoms with Crippen LogP contribution in [0.4, 0.5) is 4.39 Å². The lowest BCUT2D eigenvalue weighted by Gasteiger charge is -2.03. The first-order valence-corrected chi connectivity index (χ1v) is 2.25. The van der Waals surface area contributed by atoms with Crippen molar-refractivity contribution in [2.75, 3.05) is 0 Å². The van der Waals surface area contributed by atoms with Crippen LogP contribution in [0.3, 0.4) is 0 Å². The van der Waals surface area contributed by atoms with Gasteiger partial charge in [0.15, 0.2) is 6.17 Å². The topological polar surface area (TPSA) is 26.0 Å². The van der Waals surface area contributed by atoms with Crippen molar-refractivity contribution in [2.45, 2.75) is 6.04 Å². The Kier molecular flexibility index (Phi) is 3.12. The van der Waals surface area contributed by atoms with Gasteiger partial charge in [-0.3, -0.25) is 0 Å². The van der Waals surface area contributed by atoms with Gasteiger partial charge in [0.1, 0.15) is 0 Å². The van der Waals surface area contributed by atoms with Crippen molar-refractivity contribution in [1.82, 2.24) is 0 Å². The van der Waals surface area contributed by atoms with Gasteiger partial charge < -0.3 is 5.73 Å². The molecular formula is C6H9FN. The Bertz CT molecular complexity index is 78.5. The summed E-state index contributed by atoms with van der Waals surface area (Å²) in [6, 6.07) is -0.688. The second kappa shape index (κ2) is 3.38. The monoisotopic (exact) mass is 114 g/mol. The number of nitrogens with two attached hydrogens (primary N) is 1. The number of hydrogen-bond acceptors (Lipinski definition) is 1. The van der Waals surface area contributed by atoms with Crippen LogP contribution in [0.15, 0.2) is 25.3 Å². The fourth-order valence-electron chi connectivity index (χ4n) is 0.249. The molecule has 1 nitrogen and oxygen atoms in total. The zero-order valence-corrected chi connectivity index (χ0v) is 4.60. The molecule has 0 heterocycles. The molecule has 0 aliphatic carbocycles. The van der Waals surface area contributed by atoms with E-state index < -0.39 is 12.2 Å². The van der Waals surface area contributed by atoms with E-state index >= 15 is 0 Å². The molecule has 2 N–H and O–H groups in total. The van der Waals surface area contributed by atoms with E-state index in [4.69, 9.17) is 5.73 Å². The Morgan fingerprint density at radius 3 is 2.25 bits per heavy atom. The van der Waals surface area contributed by atoms with Crippen LogP contribution in [0, 0.1) is 6.17 Å². The molecule has 1 unspecified atom stereocenters. The van der Waals surface area contributed by atoms with Crippen LogP contribution in [-0.2, 0) is 0 Å². The number of rotatable bonds is 3. The summed E-state index contributed by atoms with van der Waals surface area (Å²) < 4.78 is 12.1. The van der Waals surface area contributed by atoms with Gasteiger partial charge in [0, 0.05) is 0 Å². The van der Waals surface area contributed by atoms with Crippen molar-refractivity contribution in [1.29, 1.82) is 0 Å². The highest BCUT2D eigenvalue weighted by atomic mass is 19.1. The van der Waals surface area contributed by atoms with Crippen molar-refractivity contribution in [3.63, 3.8) is 0 Å². The molecule has 0 rings (SSSR count). The summed E-state index contributed by atoms with van der Waals surface area (Å²) in [6.45, 7) is 6.49. The molecule has 1 radical (unpaired) electrons. The fourth-order valence-corrected chi connectivity index (χ4v) is 0.249. The molecule has 0 aliphatic rings. The van der Waals surface area contributed by atoms with Gasteiger partial charge in [-0.15, -0.1) is 6.58 Å². The number of hydrogen-bond donors (Lipinski definition) is 1. The predicted molar refractivity (Wildman–Crippen MR) is 32.7 cm³/mol. The first-order chi connectivity index (χ1) is 3.72. The maximum atomic E-state index is 12.1. The first kappa shape index (κ1) is 7.37. The molecule has 0 bridgehead atoms. The minimum atomic E-state index is -0.688. The van der Waals surface area contributed by atoms with E-state index in [1.807, 2.05) is 0 Å². The molecule has 0 fully saturated rings. The van der Waals surface area contributed by atoms with Gasteiger partial charge in [0.2, 0.25) is 0 Å². The maximum Gasteiger partial charge on any atom is 0.186 e. The largest absolute Gasteiger partial charge is 0.321 e. The Labute approximate surface area is 48.7 Å². The normalized spacial score (nSPS) is 13.4. The van der Waals surface area contributed by atoms with E-state index in [1.165, 1.54) is 6.08 Å². The smallest absolute Gasteiger partial charge is 0.186 e. The van der Waals surface area contributed by atoms with Crippen LogP contribution >= 0.6 is 0 Å². The van der Waals surface area contributed by atoms with Gasteiger partial charge >= 0.3 is 0 Å². The van der Waals surface area contributed by atoms with Crippen molar-refractivity contribution in [3.8, 4) is 0 Å². The summed E-state index contributed by atoms with van der Waals surface area (Å²) in [7, 11) is 0. The Balaban J connectivity index is 3.60. The van der Waals surface area contributed by atoms with E-state index in [2.05, 4.69) is 13.2 Å². The highest BCUT2D eigenvalue weighted by Gasteiger charge is 2.08. The minimum Gasteiger partial charge on any atom is -0.321 e. The molecule has 0 saturated carbocycles. The summed E-state index contributed by atoms with van der Waals surface area (Å²) in [5.41, 5.74) is 5.13. The zero-order chi connectivity index (χ0) is 6.57. The summed E-state index contributed by atoms with van der Waals surface area (Å²) in [4.78, 5) is 0. The molecule has 2 heteroatoms. The van der Waals surface area contributed by atoms with Crippen LogP contribution < -0.4 is 5.73 Å². The third-order valence-corrected chi connectivity index (χ3v) is 0.767. The molecule has 0 aromatic heterocycles. The van der Waals surface area contributed by atoms with Crippen molar-refractivity contribution in [2.24, 2.45) is 5.73 Å². The van der Waals surface area contributed by atoms with E-state index in [-0.39, 0.29) is 0 Å². The lowest BCUT2D eigenvalue weighted by atomic mass is 10.2. The summed E-state index contributed by atoms with van der Waals surface area (Å²) >= 11 is 0. The molecule has 0 aromatic carbocycles. The van der Waals surface area contributed by atoms with Crippen LogP contribution in [0.2, 0.25) is 0 Å². The summed E-state index contributed by atoms with van der Waals surface area (Å²) in [5, 5.41) is 0. The van der Waals surface area contributed by atoms with Gasteiger partial charge in [0.25, 0.3) is 0 Å². The zero-order valence-electron chi connectivity index (χ0n) is 4.60. The van der Waals surface area contributed by atoms with E-state index in [1.54, 1.807) is 0 Å². The van der Waals surface area contributed by atoms with E-state index in [0.717, 1.165) is 6.08 Å². The SMILES string of the molecule is C=C[C](F)C(N)C=C. The van der Waals surface area contributed by atoms with E-state index in [9.17, 15) is 4.39 Å². The van der Waals surface area contributed by atoms with Crippen LogP contribution in [0.5, 0.6) is 0 Å². The molecule has 0 saturated heterocycles. The average Bonchev–Trinajstić information content (AvgIpc) is 1.84. The quantitative estimate of drug-likeness (QED) is 0.548. The van der Waals surface area contributed by atoms with E-state index in [0.29, 0.717) is 0 Å². The second-order valence-corrected chi connectivity index (χ2v) is 1.35. The van der Waals surface area contributed by atoms with Crippen molar-refractivity contribution < 1.29 is 4.39 Å². The third kappa shape index (κ3) is 1.89.